The van der Waals surface area contributed by atoms with Crippen LogP contribution in [0.25, 0.3) is 0 Å². The highest BCUT2D eigenvalue weighted by Gasteiger charge is 2.52. The lowest BCUT2D eigenvalue weighted by Gasteiger charge is -2.46. The van der Waals surface area contributed by atoms with Gasteiger partial charge in [0.15, 0.2) is 0 Å². The molecule has 0 aromatic heterocycles. The summed E-state index contributed by atoms with van der Waals surface area (Å²) >= 11 is 0. The molecule has 2 aliphatic rings. The fourth-order valence-corrected chi connectivity index (χ4v) is 2.94. The number of amides is 1. The summed E-state index contributed by atoms with van der Waals surface area (Å²) < 4.78 is 4.75. The van der Waals surface area contributed by atoms with Gasteiger partial charge in [0, 0.05) is 13.1 Å². The molecule has 2 rings (SSSR count). The number of aliphatic hydroxyl groups is 1. The van der Waals surface area contributed by atoms with E-state index in [-0.39, 0.29) is 18.4 Å². The SMILES string of the molecule is CCC(C)C(NC(=O)CN1CC(O)(C2CC2)C1)C(=O)OC. The van der Waals surface area contributed by atoms with E-state index in [1.54, 1.807) is 0 Å². The zero-order chi connectivity index (χ0) is 15.6. The predicted octanol–water partition coefficient (Wildman–Crippen LogP) is 0.147. The molecule has 2 N–H and O–H groups in total. The van der Waals surface area contributed by atoms with E-state index in [9.17, 15) is 14.7 Å². The van der Waals surface area contributed by atoms with E-state index in [4.69, 9.17) is 4.74 Å². The predicted molar refractivity (Wildman–Crippen MR) is 77.5 cm³/mol. The number of carbonyl (C=O) groups excluding carboxylic acids is 2. The first-order chi connectivity index (χ1) is 9.89. The molecule has 1 aliphatic heterocycles. The summed E-state index contributed by atoms with van der Waals surface area (Å²) in [6, 6.07) is -0.601. The van der Waals surface area contributed by atoms with Crippen molar-refractivity contribution in [3.05, 3.63) is 0 Å². The van der Waals surface area contributed by atoms with Gasteiger partial charge in [-0.1, -0.05) is 20.3 Å². The van der Waals surface area contributed by atoms with E-state index in [2.05, 4.69) is 5.32 Å². The van der Waals surface area contributed by atoms with E-state index in [1.807, 2.05) is 18.7 Å². The van der Waals surface area contributed by atoms with Gasteiger partial charge in [-0.2, -0.15) is 0 Å². The Morgan fingerprint density at radius 2 is 2.05 bits per heavy atom. The second kappa shape index (κ2) is 6.32. The van der Waals surface area contributed by atoms with Gasteiger partial charge >= 0.3 is 5.97 Å². The van der Waals surface area contributed by atoms with Crippen LogP contribution in [0.5, 0.6) is 0 Å². The largest absolute Gasteiger partial charge is 0.467 e. The first kappa shape index (κ1) is 16.2. The van der Waals surface area contributed by atoms with Crippen LogP contribution < -0.4 is 5.32 Å². The van der Waals surface area contributed by atoms with Crippen LogP contribution in [0.4, 0.5) is 0 Å². The Morgan fingerprint density at radius 3 is 2.52 bits per heavy atom. The highest BCUT2D eigenvalue weighted by molar-refractivity contribution is 5.85. The molecule has 2 atom stereocenters. The Morgan fingerprint density at radius 1 is 1.43 bits per heavy atom. The van der Waals surface area contributed by atoms with Crippen molar-refractivity contribution in [3.63, 3.8) is 0 Å². The maximum Gasteiger partial charge on any atom is 0.328 e. The van der Waals surface area contributed by atoms with Crippen LogP contribution in [0.1, 0.15) is 33.1 Å². The summed E-state index contributed by atoms with van der Waals surface area (Å²) in [7, 11) is 1.33. The van der Waals surface area contributed by atoms with Gasteiger partial charge in [0.25, 0.3) is 0 Å². The van der Waals surface area contributed by atoms with Crippen molar-refractivity contribution in [2.24, 2.45) is 11.8 Å². The fraction of sp³-hybridized carbons (Fsp3) is 0.867. The minimum atomic E-state index is -0.601. The van der Waals surface area contributed by atoms with E-state index in [0.29, 0.717) is 19.0 Å². The maximum atomic E-state index is 12.1. The lowest BCUT2D eigenvalue weighted by atomic mass is 9.89. The maximum absolute atomic E-state index is 12.1. The number of methoxy groups -OCH3 is 1. The third-order valence-electron chi connectivity index (χ3n) is 4.68. The van der Waals surface area contributed by atoms with Crippen LogP contribution in [0, 0.1) is 11.8 Å². The zero-order valence-electron chi connectivity index (χ0n) is 13.1. The summed E-state index contributed by atoms with van der Waals surface area (Å²) in [4.78, 5) is 25.7. The molecule has 2 unspecified atom stereocenters. The molecule has 6 nitrogen and oxygen atoms in total. The third-order valence-corrected chi connectivity index (χ3v) is 4.68. The number of esters is 1. The lowest BCUT2D eigenvalue weighted by Crippen LogP contribution is -2.65. The Labute approximate surface area is 125 Å². The average Bonchev–Trinajstić information content (AvgIpc) is 3.26. The normalized spacial score (nSPS) is 23.8. The van der Waals surface area contributed by atoms with Crippen LogP contribution in [-0.2, 0) is 14.3 Å². The number of likely N-dealkylation sites (tertiary alicyclic amines) is 1. The van der Waals surface area contributed by atoms with Crippen molar-refractivity contribution in [3.8, 4) is 0 Å². The van der Waals surface area contributed by atoms with E-state index >= 15 is 0 Å². The molecule has 1 saturated heterocycles. The molecule has 2 fully saturated rings. The van der Waals surface area contributed by atoms with Crippen molar-refractivity contribution in [2.45, 2.75) is 44.8 Å². The summed E-state index contributed by atoms with van der Waals surface area (Å²) in [5, 5.41) is 13.0. The molecular weight excluding hydrogens is 272 g/mol. The van der Waals surface area contributed by atoms with E-state index in [1.165, 1.54) is 7.11 Å². The molecule has 0 bridgehead atoms. The molecule has 0 radical (unpaired) electrons. The molecule has 1 saturated carbocycles. The highest BCUT2D eigenvalue weighted by Crippen LogP contribution is 2.44. The third kappa shape index (κ3) is 3.74. The number of hydrogen-bond donors (Lipinski definition) is 2. The number of rotatable bonds is 7. The monoisotopic (exact) mass is 298 g/mol. The van der Waals surface area contributed by atoms with Crippen molar-refractivity contribution in [1.82, 2.24) is 10.2 Å². The number of ether oxygens (including phenoxy) is 1. The summed E-state index contributed by atoms with van der Waals surface area (Å²) in [5.41, 5.74) is -0.585. The fourth-order valence-electron chi connectivity index (χ4n) is 2.94. The van der Waals surface area contributed by atoms with Crippen molar-refractivity contribution in [2.75, 3.05) is 26.7 Å². The van der Waals surface area contributed by atoms with E-state index < -0.39 is 17.6 Å². The molecule has 0 aromatic rings. The van der Waals surface area contributed by atoms with Gasteiger partial charge in [-0.15, -0.1) is 0 Å². The molecule has 1 aliphatic carbocycles. The molecule has 120 valence electrons. The quantitative estimate of drug-likeness (QED) is 0.654. The minimum absolute atomic E-state index is 0.0289. The molecule has 1 amide bonds. The molecule has 1 heterocycles. The van der Waals surface area contributed by atoms with Crippen LogP contribution in [0.2, 0.25) is 0 Å². The van der Waals surface area contributed by atoms with Gasteiger partial charge in [0.05, 0.1) is 19.3 Å². The van der Waals surface area contributed by atoms with Crippen LogP contribution >= 0.6 is 0 Å². The number of nitrogens with zero attached hydrogens (tertiary/aromatic N) is 1. The van der Waals surface area contributed by atoms with Crippen LogP contribution in [0.15, 0.2) is 0 Å². The topological polar surface area (TPSA) is 78.9 Å². The Hall–Kier alpha value is -1.14. The Balaban J connectivity index is 1.79. The molecule has 6 heteroatoms. The second-order valence-electron chi connectivity index (χ2n) is 6.48. The molecule has 0 aromatic carbocycles. The van der Waals surface area contributed by atoms with E-state index in [0.717, 1.165) is 19.3 Å². The number of hydrogen-bond acceptors (Lipinski definition) is 5. The highest BCUT2D eigenvalue weighted by atomic mass is 16.5. The van der Waals surface area contributed by atoms with Crippen molar-refractivity contribution in [1.29, 1.82) is 0 Å². The first-order valence-corrected chi connectivity index (χ1v) is 7.71. The first-order valence-electron chi connectivity index (χ1n) is 7.71. The standard InChI is InChI=1S/C15H26N2O4/c1-4-10(2)13(14(19)21-3)16-12(18)7-17-8-15(20,9-17)11-5-6-11/h10-11,13,20H,4-9H2,1-3H3,(H,16,18). The summed E-state index contributed by atoms with van der Waals surface area (Å²) in [6.07, 6.45) is 2.97. The molecule has 21 heavy (non-hydrogen) atoms. The molecular formula is C15H26N2O4. The number of nitrogens with one attached hydrogen (secondary N) is 1. The van der Waals surface area contributed by atoms with Gasteiger partial charge in [0.2, 0.25) is 5.91 Å². The zero-order valence-corrected chi connectivity index (χ0v) is 13.1. The Kier molecular flexibility index (Phi) is 4.88. The van der Waals surface area contributed by atoms with Crippen molar-refractivity contribution < 1.29 is 19.4 Å². The Bertz CT molecular complexity index is 402. The van der Waals surface area contributed by atoms with Crippen LogP contribution in [-0.4, -0.2) is 60.3 Å². The van der Waals surface area contributed by atoms with Gasteiger partial charge in [-0.25, -0.2) is 4.79 Å². The van der Waals surface area contributed by atoms with Gasteiger partial charge in [-0.05, 0) is 24.7 Å². The van der Waals surface area contributed by atoms with Crippen LogP contribution in [0.3, 0.4) is 0 Å². The number of β-amino-alcohol motifs (C(OH)–C–C–N with tert-alkyl or cyclic N) is 1. The van der Waals surface area contributed by atoms with Crippen molar-refractivity contribution >= 4 is 11.9 Å². The molecule has 0 spiro atoms. The van der Waals surface area contributed by atoms with Gasteiger partial charge in [-0.3, -0.25) is 9.69 Å². The average molecular weight is 298 g/mol. The smallest absolute Gasteiger partial charge is 0.328 e. The number of carbonyl (C=O) groups is 2. The summed E-state index contributed by atoms with van der Waals surface area (Å²) in [6.45, 7) is 5.21. The summed E-state index contributed by atoms with van der Waals surface area (Å²) in [5.74, 6) is -0.153. The van der Waals surface area contributed by atoms with Gasteiger partial charge in [0.1, 0.15) is 6.04 Å². The van der Waals surface area contributed by atoms with Gasteiger partial charge < -0.3 is 15.2 Å². The lowest BCUT2D eigenvalue weighted by molar-refractivity contribution is -0.148. The second-order valence-corrected chi connectivity index (χ2v) is 6.48. The minimum Gasteiger partial charge on any atom is -0.467 e.